The fraction of sp³-hybridized carbons (Fsp3) is 0.346. The third kappa shape index (κ3) is 3.65. The van der Waals surface area contributed by atoms with Crippen LogP contribution in [0.5, 0.6) is 0 Å². The number of thiazole rings is 1. The average molecular weight is 477 g/mol. The molecule has 1 fully saturated rings. The van der Waals surface area contributed by atoms with Crippen LogP contribution in [0.25, 0.3) is 21.1 Å². The van der Waals surface area contributed by atoms with Crippen LogP contribution in [0.2, 0.25) is 5.02 Å². The summed E-state index contributed by atoms with van der Waals surface area (Å²) in [4.78, 5) is 27.7. The maximum atomic E-state index is 13.8. The van der Waals surface area contributed by atoms with Gasteiger partial charge in [0.15, 0.2) is 5.13 Å². The number of piperazine rings is 1. The molecule has 3 heterocycles. The van der Waals surface area contributed by atoms with Crippen LogP contribution in [0, 0.1) is 0 Å². The molecule has 0 saturated carbocycles. The molecule has 0 N–H and O–H groups in total. The molecule has 0 atom stereocenters. The number of aryl methyl sites for hydroxylation is 2. The van der Waals surface area contributed by atoms with Gasteiger partial charge in [-0.25, -0.2) is 4.98 Å². The summed E-state index contributed by atoms with van der Waals surface area (Å²) in [6, 6.07) is 12.2. The number of halogens is 1. The Labute approximate surface area is 202 Å². The molecule has 1 amide bonds. The van der Waals surface area contributed by atoms with Crippen LogP contribution < -0.4 is 4.90 Å². The second-order valence-electron chi connectivity index (χ2n) is 8.86. The second-order valence-corrected chi connectivity index (χ2v) is 10.3. The van der Waals surface area contributed by atoms with E-state index in [0.717, 1.165) is 77.1 Å². The summed E-state index contributed by atoms with van der Waals surface area (Å²) in [5.41, 5.74) is 6.27. The first-order chi connectivity index (χ1) is 16.1. The molecule has 4 aromatic rings. The first-order valence-electron chi connectivity index (χ1n) is 11.7. The predicted octanol–water partition coefficient (Wildman–Crippen LogP) is 5.51. The van der Waals surface area contributed by atoms with Crippen LogP contribution in [0.3, 0.4) is 0 Å². The smallest absolute Gasteiger partial charge is 0.255 e. The van der Waals surface area contributed by atoms with E-state index in [1.54, 1.807) is 11.3 Å². The Morgan fingerprint density at radius 3 is 2.67 bits per heavy atom. The number of aromatic nitrogens is 2. The van der Waals surface area contributed by atoms with Crippen molar-refractivity contribution in [3.63, 3.8) is 0 Å². The van der Waals surface area contributed by atoms with Crippen LogP contribution in [-0.4, -0.2) is 47.0 Å². The zero-order valence-electron chi connectivity index (χ0n) is 18.6. The summed E-state index contributed by atoms with van der Waals surface area (Å²) in [6.07, 6.45) is 3.94. The summed E-state index contributed by atoms with van der Waals surface area (Å²) in [5, 5.41) is 2.57. The highest BCUT2D eigenvalue weighted by Gasteiger charge is 2.29. The molecule has 0 bridgehead atoms. The minimum absolute atomic E-state index is 0.111. The number of anilines is 1. The van der Waals surface area contributed by atoms with E-state index in [1.807, 2.05) is 23.1 Å². The Morgan fingerprint density at radius 2 is 1.85 bits per heavy atom. The summed E-state index contributed by atoms with van der Waals surface area (Å²) in [5.74, 6) is 0.111. The van der Waals surface area contributed by atoms with E-state index in [1.165, 1.54) is 10.3 Å². The molecular formula is C26H25ClN4OS. The van der Waals surface area contributed by atoms with Gasteiger partial charge in [0.25, 0.3) is 5.91 Å². The van der Waals surface area contributed by atoms with Crippen molar-refractivity contribution in [2.24, 2.45) is 0 Å². The zero-order valence-corrected chi connectivity index (χ0v) is 20.2. The van der Waals surface area contributed by atoms with Gasteiger partial charge in [-0.2, -0.15) is 0 Å². The predicted molar refractivity (Wildman–Crippen MR) is 136 cm³/mol. The van der Waals surface area contributed by atoms with Crippen molar-refractivity contribution in [3.8, 4) is 0 Å². The molecule has 2 aromatic carbocycles. The molecule has 1 aliphatic carbocycles. The van der Waals surface area contributed by atoms with Crippen molar-refractivity contribution in [1.29, 1.82) is 0 Å². The molecule has 0 radical (unpaired) electrons. The van der Waals surface area contributed by atoms with Gasteiger partial charge in [0.1, 0.15) is 0 Å². The number of rotatable bonds is 3. The van der Waals surface area contributed by atoms with Gasteiger partial charge in [-0.1, -0.05) is 35.9 Å². The molecule has 1 aliphatic heterocycles. The Balaban J connectivity index is 1.26. The molecule has 7 heteroatoms. The maximum absolute atomic E-state index is 13.8. The van der Waals surface area contributed by atoms with E-state index < -0.39 is 0 Å². The van der Waals surface area contributed by atoms with E-state index in [2.05, 4.69) is 30.0 Å². The number of benzene rings is 2. The molecule has 1 saturated heterocycles. The van der Waals surface area contributed by atoms with Crippen molar-refractivity contribution >= 4 is 55.1 Å². The number of fused-ring (bicyclic) bond motifs is 3. The summed E-state index contributed by atoms with van der Waals surface area (Å²) in [7, 11) is 0. The van der Waals surface area contributed by atoms with E-state index in [-0.39, 0.29) is 5.91 Å². The average Bonchev–Trinajstić information content (AvgIpc) is 3.48. The van der Waals surface area contributed by atoms with Gasteiger partial charge in [-0.05, 0) is 67.1 Å². The van der Waals surface area contributed by atoms with E-state index >= 15 is 0 Å². The molecule has 168 valence electrons. The third-order valence-corrected chi connectivity index (χ3v) is 8.19. The van der Waals surface area contributed by atoms with E-state index in [9.17, 15) is 4.79 Å². The summed E-state index contributed by atoms with van der Waals surface area (Å²) in [6.45, 7) is 5.13. The second kappa shape index (κ2) is 8.26. The van der Waals surface area contributed by atoms with Crippen molar-refractivity contribution in [1.82, 2.24) is 14.9 Å². The Morgan fingerprint density at radius 1 is 1.03 bits per heavy atom. The third-order valence-electron chi connectivity index (χ3n) is 6.87. The minimum atomic E-state index is 0.111. The van der Waals surface area contributed by atoms with E-state index in [0.29, 0.717) is 18.1 Å². The lowest BCUT2D eigenvalue weighted by Gasteiger charge is -2.35. The highest BCUT2D eigenvalue weighted by molar-refractivity contribution is 7.22. The van der Waals surface area contributed by atoms with Crippen molar-refractivity contribution in [2.45, 2.75) is 32.6 Å². The molecule has 33 heavy (non-hydrogen) atoms. The van der Waals surface area contributed by atoms with Crippen LogP contribution in [0.4, 0.5) is 5.13 Å². The van der Waals surface area contributed by atoms with Crippen LogP contribution >= 0.6 is 22.9 Å². The van der Waals surface area contributed by atoms with E-state index in [4.69, 9.17) is 21.6 Å². The number of carbonyl (C=O) groups excluding carboxylic acids is 1. The molecule has 6 rings (SSSR count). The van der Waals surface area contributed by atoms with Crippen molar-refractivity contribution in [3.05, 3.63) is 63.8 Å². The van der Waals surface area contributed by atoms with Gasteiger partial charge in [0, 0.05) is 42.3 Å². The van der Waals surface area contributed by atoms with Gasteiger partial charge in [-0.15, -0.1) is 0 Å². The highest BCUT2D eigenvalue weighted by Crippen LogP contribution is 2.34. The number of pyridine rings is 1. The number of carbonyl (C=O) groups is 1. The molecule has 0 unspecified atom stereocenters. The first kappa shape index (κ1) is 20.9. The number of hydrogen-bond acceptors (Lipinski definition) is 5. The fourth-order valence-corrected chi connectivity index (χ4v) is 6.30. The fourth-order valence-electron chi connectivity index (χ4n) is 5.05. The summed E-state index contributed by atoms with van der Waals surface area (Å²) >= 11 is 8.05. The Hall–Kier alpha value is -2.70. The van der Waals surface area contributed by atoms with Gasteiger partial charge >= 0.3 is 0 Å². The maximum Gasteiger partial charge on any atom is 0.255 e. The number of hydrogen-bond donors (Lipinski definition) is 0. The SMILES string of the molecule is CCc1ccc2nc(N3CCN(C(=O)c4c5c(nc6ccc(Cl)cc46)CCC5)CC3)sc2c1. The normalized spacial score (nSPS) is 16.1. The first-order valence-corrected chi connectivity index (χ1v) is 12.8. The van der Waals surface area contributed by atoms with Crippen molar-refractivity contribution < 1.29 is 4.79 Å². The summed E-state index contributed by atoms with van der Waals surface area (Å²) < 4.78 is 1.23. The van der Waals surface area contributed by atoms with Crippen LogP contribution in [0.1, 0.15) is 40.5 Å². The number of nitrogens with zero attached hydrogens (tertiary/aromatic N) is 4. The van der Waals surface area contributed by atoms with Gasteiger partial charge < -0.3 is 9.80 Å². The van der Waals surface area contributed by atoms with Crippen LogP contribution in [-0.2, 0) is 19.3 Å². The van der Waals surface area contributed by atoms with Gasteiger partial charge in [0.2, 0.25) is 0 Å². The molecule has 2 aromatic heterocycles. The minimum Gasteiger partial charge on any atom is -0.345 e. The number of amides is 1. The topological polar surface area (TPSA) is 49.3 Å². The van der Waals surface area contributed by atoms with Gasteiger partial charge in [-0.3, -0.25) is 9.78 Å². The molecule has 5 nitrogen and oxygen atoms in total. The molecule has 0 spiro atoms. The Kier molecular flexibility index (Phi) is 5.23. The lowest BCUT2D eigenvalue weighted by Crippen LogP contribution is -2.49. The molecule has 2 aliphatic rings. The van der Waals surface area contributed by atoms with Gasteiger partial charge in [0.05, 0.1) is 21.3 Å². The zero-order chi connectivity index (χ0) is 22.5. The Bertz CT molecular complexity index is 1390. The monoisotopic (exact) mass is 476 g/mol. The highest BCUT2D eigenvalue weighted by atomic mass is 35.5. The van der Waals surface area contributed by atoms with Crippen molar-refractivity contribution in [2.75, 3.05) is 31.1 Å². The standard InChI is InChI=1S/C26H25ClN4OS/c1-2-16-6-8-22-23(14-16)33-26(29-22)31-12-10-30(11-13-31)25(32)24-18-4-3-5-20(18)28-21-9-7-17(27)15-19(21)24/h6-9,14-15H,2-5,10-13H2,1H3. The van der Waals surface area contributed by atoms with Crippen LogP contribution in [0.15, 0.2) is 36.4 Å². The lowest BCUT2D eigenvalue weighted by atomic mass is 9.99. The lowest BCUT2D eigenvalue weighted by molar-refractivity contribution is 0.0747. The largest absolute Gasteiger partial charge is 0.345 e. The quantitative estimate of drug-likeness (QED) is 0.391. The molecular weight excluding hydrogens is 452 g/mol.